The van der Waals surface area contributed by atoms with E-state index in [2.05, 4.69) is 44.2 Å². The second-order valence-electron chi connectivity index (χ2n) is 6.71. The van der Waals surface area contributed by atoms with E-state index in [0.717, 1.165) is 17.7 Å². The summed E-state index contributed by atoms with van der Waals surface area (Å²) < 4.78 is 5.64. The number of hydrogen-bond donors (Lipinski definition) is 0. The van der Waals surface area contributed by atoms with E-state index in [9.17, 15) is 0 Å². The van der Waals surface area contributed by atoms with Gasteiger partial charge < -0.3 is 4.74 Å². The lowest BCUT2D eigenvalue weighted by Crippen LogP contribution is -1.95. The molecule has 0 aromatic heterocycles. The van der Waals surface area contributed by atoms with Gasteiger partial charge in [-0.15, -0.1) is 0 Å². The van der Waals surface area contributed by atoms with E-state index in [-0.39, 0.29) is 0 Å². The van der Waals surface area contributed by atoms with E-state index in [1.807, 2.05) is 12.1 Å². The van der Waals surface area contributed by atoms with Crippen molar-refractivity contribution in [1.29, 1.82) is 0 Å². The Balaban J connectivity index is 1.88. The van der Waals surface area contributed by atoms with Crippen molar-refractivity contribution >= 4 is 11.6 Å². The number of aryl methyl sites for hydroxylation is 1. The Morgan fingerprint density at radius 2 is 1.44 bits per heavy atom. The summed E-state index contributed by atoms with van der Waals surface area (Å²) in [5.74, 6) is 0.770. The van der Waals surface area contributed by atoms with Gasteiger partial charge in [0, 0.05) is 0 Å². The van der Waals surface area contributed by atoms with Crippen molar-refractivity contribution < 1.29 is 4.74 Å². The monoisotopic (exact) mass is 358 g/mol. The Hall–Kier alpha value is -1.47. The molecule has 0 amide bonds. The Morgan fingerprint density at radius 1 is 0.760 bits per heavy atom. The molecule has 2 heteroatoms. The minimum Gasteiger partial charge on any atom is -0.492 e. The SMILES string of the molecule is CCCCCCCCc1ccc(-c2ccc(OCCC)c(Cl)c2)cc1. The van der Waals surface area contributed by atoms with Crippen LogP contribution >= 0.6 is 11.6 Å². The summed E-state index contributed by atoms with van der Waals surface area (Å²) in [4.78, 5) is 0. The Labute approximate surface area is 158 Å². The summed E-state index contributed by atoms with van der Waals surface area (Å²) >= 11 is 6.34. The van der Waals surface area contributed by atoms with Crippen molar-refractivity contribution in [2.45, 2.75) is 65.2 Å². The van der Waals surface area contributed by atoms with Crippen LogP contribution in [0.25, 0.3) is 11.1 Å². The summed E-state index contributed by atoms with van der Waals surface area (Å²) in [6, 6.07) is 14.9. The summed E-state index contributed by atoms with van der Waals surface area (Å²) in [6.07, 6.45) is 10.2. The van der Waals surface area contributed by atoms with Crippen molar-refractivity contribution in [3.8, 4) is 16.9 Å². The lowest BCUT2D eigenvalue weighted by molar-refractivity contribution is 0.317. The first-order valence-corrected chi connectivity index (χ1v) is 10.1. The molecule has 1 nitrogen and oxygen atoms in total. The number of rotatable bonds is 11. The Morgan fingerprint density at radius 3 is 2.12 bits per heavy atom. The molecule has 0 spiro atoms. The quantitative estimate of drug-likeness (QED) is 0.374. The second-order valence-corrected chi connectivity index (χ2v) is 7.12. The molecular weight excluding hydrogens is 328 g/mol. The van der Waals surface area contributed by atoms with Crippen molar-refractivity contribution in [2.24, 2.45) is 0 Å². The van der Waals surface area contributed by atoms with Crippen LogP contribution in [0.15, 0.2) is 42.5 Å². The van der Waals surface area contributed by atoms with Crippen molar-refractivity contribution in [3.63, 3.8) is 0 Å². The van der Waals surface area contributed by atoms with Gasteiger partial charge in [-0.1, -0.05) is 87.9 Å². The molecule has 0 aliphatic carbocycles. The number of ether oxygens (including phenoxy) is 1. The molecule has 0 aliphatic rings. The molecule has 0 radical (unpaired) electrons. The highest BCUT2D eigenvalue weighted by molar-refractivity contribution is 6.32. The molecule has 0 saturated carbocycles. The first-order chi connectivity index (χ1) is 12.2. The van der Waals surface area contributed by atoms with Crippen LogP contribution in [0.1, 0.15) is 64.4 Å². The van der Waals surface area contributed by atoms with Crippen LogP contribution < -0.4 is 4.74 Å². The maximum atomic E-state index is 6.34. The van der Waals surface area contributed by atoms with Gasteiger partial charge in [-0.05, 0) is 48.1 Å². The normalized spacial score (nSPS) is 10.8. The minimum absolute atomic E-state index is 0.683. The van der Waals surface area contributed by atoms with Crippen LogP contribution in [0, 0.1) is 0 Å². The largest absolute Gasteiger partial charge is 0.492 e. The number of unbranched alkanes of at least 4 members (excludes halogenated alkanes) is 5. The zero-order valence-electron chi connectivity index (χ0n) is 15.7. The first-order valence-electron chi connectivity index (χ1n) is 9.76. The molecule has 0 fully saturated rings. The molecule has 0 saturated heterocycles. The zero-order valence-corrected chi connectivity index (χ0v) is 16.4. The third-order valence-corrected chi connectivity index (χ3v) is 4.80. The van der Waals surface area contributed by atoms with E-state index < -0.39 is 0 Å². The maximum absolute atomic E-state index is 6.34. The molecule has 0 bridgehead atoms. The average molecular weight is 359 g/mol. The average Bonchev–Trinajstić information content (AvgIpc) is 2.64. The van der Waals surface area contributed by atoms with E-state index in [0.29, 0.717) is 11.6 Å². The molecule has 2 rings (SSSR count). The standard InChI is InChI=1S/C23H31ClO/c1-3-5-6-7-8-9-10-19-11-13-20(14-12-19)21-15-16-23(22(24)18-21)25-17-4-2/h11-16,18H,3-10,17H2,1-2H3. The molecule has 136 valence electrons. The van der Waals surface area contributed by atoms with Crippen LogP contribution in [-0.4, -0.2) is 6.61 Å². The molecule has 0 unspecified atom stereocenters. The van der Waals surface area contributed by atoms with E-state index >= 15 is 0 Å². The van der Waals surface area contributed by atoms with Gasteiger partial charge in [0.05, 0.1) is 11.6 Å². The topological polar surface area (TPSA) is 9.23 Å². The Bertz CT molecular complexity index is 618. The van der Waals surface area contributed by atoms with E-state index in [1.54, 1.807) is 0 Å². The summed E-state index contributed by atoms with van der Waals surface area (Å²) in [6.45, 7) is 5.06. The molecule has 0 N–H and O–H groups in total. The van der Waals surface area contributed by atoms with E-state index in [4.69, 9.17) is 16.3 Å². The van der Waals surface area contributed by atoms with Crippen molar-refractivity contribution in [2.75, 3.05) is 6.61 Å². The fourth-order valence-electron chi connectivity index (χ4n) is 2.98. The van der Waals surface area contributed by atoms with Gasteiger partial charge in [0.2, 0.25) is 0 Å². The second kappa shape index (κ2) is 11.2. The van der Waals surface area contributed by atoms with Crippen LogP contribution in [0.2, 0.25) is 5.02 Å². The molecule has 25 heavy (non-hydrogen) atoms. The molecular formula is C23H31ClO. The smallest absolute Gasteiger partial charge is 0.137 e. The van der Waals surface area contributed by atoms with Gasteiger partial charge in [0.15, 0.2) is 0 Å². The number of benzene rings is 2. The number of halogens is 1. The highest BCUT2D eigenvalue weighted by atomic mass is 35.5. The van der Waals surface area contributed by atoms with Gasteiger partial charge in [-0.3, -0.25) is 0 Å². The highest BCUT2D eigenvalue weighted by Gasteiger charge is 2.05. The van der Waals surface area contributed by atoms with Gasteiger partial charge in [-0.25, -0.2) is 0 Å². The van der Waals surface area contributed by atoms with Gasteiger partial charge in [0.1, 0.15) is 5.75 Å². The lowest BCUT2D eigenvalue weighted by Gasteiger charge is -2.09. The summed E-state index contributed by atoms with van der Waals surface area (Å²) in [5.41, 5.74) is 3.77. The fraction of sp³-hybridized carbons (Fsp3) is 0.478. The molecule has 0 heterocycles. The number of hydrogen-bond acceptors (Lipinski definition) is 1. The third kappa shape index (κ3) is 6.74. The summed E-state index contributed by atoms with van der Waals surface area (Å²) in [7, 11) is 0. The summed E-state index contributed by atoms with van der Waals surface area (Å²) in [5, 5.41) is 0.683. The molecule has 0 aliphatic heterocycles. The molecule has 0 atom stereocenters. The minimum atomic E-state index is 0.683. The first kappa shape index (κ1) is 19.8. The van der Waals surface area contributed by atoms with Crippen LogP contribution in [-0.2, 0) is 6.42 Å². The van der Waals surface area contributed by atoms with Gasteiger partial charge >= 0.3 is 0 Å². The lowest BCUT2D eigenvalue weighted by atomic mass is 10.0. The van der Waals surface area contributed by atoms with Crippen LogP contribution in [0.5, 0.6) is 5.75 Å². The maximum Gasteiger partial charge on any atom is 0.137 e. The Kier molecular flexibility index (Phi) is 8.90. The third-order valence-electron chi connectivity index (χ3n) is 4.50. The van der Waals surface area contributed by atoms with Crippen LogP contribution in [0.4, 0.5) is 0 Å². The highest BCUT2D eigenvalue weighted by Crippen LogP contribution is 2.30. The van der Waals surface area contributed by atoms with Gasteiger partial charge in [0.25, 0.3) is 0 Å². The fourth-order valence-corrected chi connectivity index (χ4v) is 3.22. The van der Waals surface area contributed by atoms with Crippen LogP contribution in [0.3, 0.4) is 0 Å². The predicted octanol–water partition coefficient (Wildman–Crippen LogP) is 7.70. The van der Waals surface area contributed by atoms with E-state index in [1.165, 1.54) is 56.1 Å². The molecule has 2 aromatic rings. The van der Waals surface area contributed by atoms with Gasteiger partial charge in [-0.2, -0.15) is 0 Å². The van der Waals surface area contributed by atoms with Crippen molar-refractivity contribution in [3.05, 3.63) is 53.1 Å². The zero-order chi connectivity index (χ0) is 17.9. The predicted molar refractivity (Wildman–Crippen MR) is 110 cm³/mol. The molecule has 2 aromatic carbocycles. The van der Waals surface area contributed by atoms with Crippen molar-refractivity contribution in [1.82, 2.24) is 0 Å².